The van der Waals surface area contributed by atoms with Gasteiger partial charge in [0.2, 0.25) is 0 Å². The minimum absolute atomic E-state index is 0.0166. The number of nitrogens with one attached hydrogen (secondary N) is 1. The Labute approximate surface area is 231 Å². The zero-order valence-corrected chi connectivity index (χ0v) is 22.4. The van der Waals surface area contributed by atoms with Crippen molar-refractivity contribution in [3.8, 4) is 0 Å². The molecule has 0 aromatic heterocycles. The molecule has 0 aliphatic carbocycles. The molecular weight excluding hydrogens is 563 g/mol. The summed E-state index contributed by atoms with van der Waals surface area (Å²) in [4.78, 5) is 28.1. The molecule has 3 amide bonds. The van der Waals surface area contributed by atoms with Crippen molar-refractivity contribution in [3.05, 3.63) is 70.0 Å². The largest absolute Gasteiger partial charge is 0.444 e. The summed E-state index contributed by atoms with van der Waals surface area (Å²) in [5, 5.41) is 11.8. The summed E-state index contributed by atoms with van der Waals surface area (Å²) < 4.78 is 98.7. The number of hydrogen-bond donors (Lipinski definition) is 2. The molecule has 41 heavy (non-hydrogen) atoms. The standard InChI is InChI=1S/C27H30F7N3O4/c1-15-8-20(28)4-5-22(15)23-12-21(35-24(39)41-16(2)14-38)6-7-37(23)25(40)36(3)13-17-9-18(26(29,30)31)11-19(10-17)27(32,33)34/h4-5,8-11,16,21,23,38H,6-7,12-14H2,1-3H3,(H,35,39)/t16?,21-,23+/m0/s1. The Morgan fingerprint density at radius 1 is 1.10 bits per heavy atom. The number of ether oxygens (including phenoxy) is 1. The van der Waals surface area contributed by atoms with Gasteiger partial charge >= 0.3 is 24.5 Å². The second-order valence-corrected chi connectivity index (χ2v) is 10.0. The first-order valence-electron chi connectivity index (χ1n) is 12.6. The van der Waals surface area contributed by atoms with Crippen molar-refractivity contribution in [3.63, 3.8) is 0 Å². The molecule has 2 aromatic rings. The Morgan fingerprint density at radius 2 is 1.71 bits per heavy atom. The third kappa shape index (κ3) is 8.24. The third-order valence-corrected chi connectivity index (χ3v) is 6.72. The van der Waals surface area contributed by atoms with Gasteiger partial charge < -0.3 is 25.0 Å². The van der Waals surface area contributed by atoms with E-state index in [9.17, 15) is 40.3 Å². The summed E-state index contributed by atoms with van der Waals surface area (Å²) in [7, 11) is 1.25. The number of alkyl halides is 6. The number of urea groups is 1. The highest BCUT2D eigenvalue weighted by Gasteiger charge is 2.38. The van der Waals surface area contributed by atoms with Gasteiger partial charge in [-0.2, -0.15) is 26.3 Å². The van der Waals surface area contributed by atoms with Gasteiger partial charge in [0.15, 0.2) is 0 Å². The van der Waals surface area contributed by atoms with E-state index in [1.54, 1.807) is 6.92 Å². The molecule has 3 rings (SSSR count). The van der Waals surface area contributed by atoms with E-state index in [0.29, 0.717) is 23.3 Å². The van der Waals surface area contributed by atoms with Crippen LogP contribution in [0.4, 0.5) is 40.3 Å². The van der Waals surface area contributed by atoms with Gasteiger partial charge in [-0.15, -0.1) is 0 Å². The van der Waals surface area contributed by atoms with E-state index in [0.717, 1.165) is 4.90 Å². The fourth-order valence-corrected chi connectivity index (χ4v) is 4.73. The van der Waals surface area contributed by atoms with Crippen LogP contribution in [-0.2, 0) is 23.6 Å². The van der Waals surface area contributed by atoms with Gasteiger partial charge in [0, 0.05) is 26.2 Å². The number of amides is 3. The monoisotopic (exact) mass is 593 g/mol. The number of hydrogen-bond acceptors (Lipinski definition) is 4. The number of rotatable bonds is 6. The summed E-state index contributed by atoms with van der Waals surface area (Å²) in [5.41, 5.74) is -2.29. The molecule has 2 N–H and O–H groups in total. The molecule has 1 saturated heterocycles. The number of benzene rings is 2. The van der Waals surface area contributed by atoms with E-state index in [1.807, 2.05) is 0 Å². The molecule has 226 valence electrons. The van der Waals surface area contributed by atoms with Crippen LogP contribution >= 0.6 is 0 Å². The van der Waals surface area contributed by atoms with Crippen LogP contribution in [0.25, 0.3) is 0 Å². The molecule has 0 saturated carbocycles. The van der Waals surface area contributed by atoms with Gasteiger partial charge in [0.05, 0.1) is 23.8 Å². The molecule has 0 bridgehead atoms. The summed E-state index contributed by atoms with van der Waals surface area (Å²) in [6, 6.07) is 3.20. The van der Waals surface area contributed by atoms with Gasteiger partial charge in [-0.05, 0) is 73.7 Å². The minimum Gasteiger partial charge on any atom is -0.444 e. The van der Waals surface area contributed by atoms with Crippen molar-refractivity contribution in [1.82, 2.24) is 15.1 Å². The van der Waals surface area contributed by atoms with Crippen molar-refractivity contribution in [2.24, 2.45) is 0 Å². The van der Waals surface area contributed by atoms with Crippen molar-refractivity contribution in [2.75, 3.05) is 20.2 Å². The highest BCUT2D eigenvalue weighted by molar-refractivity contribution is 5.75. The Balaban J connectivity index is 1.87. The van der Waals surface area contributed by atoms with Crippen molar-refractivity contribution < 1.29 is 50.2 Å². The molecule has 3 atom stereocenters. The first-order chi connectivity index (χ1) is 19.0. The molecule has 1 aliphatic rings. The number of likely N-dealkylation sites (tertiary alicyclic amines) is 1. The Hall–Kier alpha value is -3.55. The SMILES string of the molecule is Cc1cc(F)ccc1[C@H]1C[C@@H](NC(=O)OC(C)CO)CCN1C(=O)N(C)Cc1cc(C(F)(F)F)cc(C(F)(F)F)c1. The molecule has 2 aromatic carbocycles. The molecule has 1 heterocycles. The normalized spacial score (nSPS) is 18.6. The maximum absolute atomic E-state index is 13.8. The first-order valence-corrected chi connectivity index (χ1v) is 12.6. The molecule has 0 spiro atoms. The molecule has 7 nitrogen and oxygen atoms in total. The third-order valence-electron chi connectivity index (χ3n) is 6.72. The van der Waals surface area contributed by atoms with Crippen LogP contribution in [0.5, 0.6) is 0 Å². The second-order valence-electron chi connectivity index (χ2n) is 10.0. The van der Waals surface area contributed by atoms with Crippen molar-refractivity contribution in [1.29, 1.82) is 0 Å². The van der Waals surface area contributed by atoms with Crippen LogP contribution < -0.4 is 5.32 Å². The lowest BCUT2D eigenvalue weighted by molar-refractivity contribution is -0.143. The fourth-order valence-electron chi connectivity index (χ4n) is 4.73. The number of aliphatic hydroxyl groups excluding tert-OH is 1. The van der Waals surface area contributed by atoms with E-state index >= 15 is 0 Å². The highest BCUT2D eigenvalue weighted by Crippen LogP contribution is 2.37. The van der Waals surface area contributed by atoms with Crippen LogP contribution in [-0.4, -0.2) is 59.4 Å². The predicted molar refractivity (Wildman–Crippen MR) is 133 cm³/mol. The number of alkyl carbamates (subject to hydrolysis) is 1. The van der Waals surface area contributed by atoms with E-state index in [2.05, 4.69) is 5.32 Å². The summed E-state index contributed by atoms with van der Waals surface area (Å²) in [6.07, 6.45) is -11.2. The van der Waals surface area contributed by atoms with Crippen LogP contribution in [0.15, 0.2) is 36.4 Å². The maximum atomic E-state index is 13.8. The minimum atomic E-state index is -5.03. The fraction of sp³-hybridized carbons (Fsp3) is 0.481. The van der Waals surface area contributed by atoms with Gasteiger partial charge in [0.1, 0.15) is 11.9 Å². The van der Waals surface area contributed by atoms with Crippen LogP contribution in [0.1, 0.15) is 53.6 Å². The number of halogens is 7. The topological polar surface area (TPSA) is 82.1 Å². The second kappa shape index (κ2) is 12.5. The molecule has 1 unspecified atom stereocenters. The number of aryl methyl sites for hydroxylation is 1. The average Bonchev–Trinajstić information content (AvgIpc) is 2.87. The quantitative estimate of drug-likeness (QED) is 0.401. The summed E-state index contributed by atoms with van der Waals surface area (Å²) in [5.74, 6) is -0.515. The van der Waals surface area contributed by atoms with Gasteiger partial charge in [-0.1, -0.05) is 6.07 Å². The Kier molecular flexibility index (Phi) is 9.77. The predicted octanol–water partition coefficient (Wildman–Crippen LogP) is 6.04. The summed E-state index contributed by atoms with van der Waals surface area (Å²) in [6.45, 7) is 2.23. The van der Waals surface area contributed by atoms with E-state index in [-0.39, 0.29) is 37.6 Å². The molecule has 1 fully saturated rings. The molecular formula is C27H30F7N3O4. The zero-order valence-electron chi connectivity index (χ0n) is 22.4. The van der Waals surface area contributed by atoms with E-state index in [4.69, 9.17) is 9.84 Å². The number of carbonyl (C=O) groups is 2. The van der Waals surface area contributed by atoms with Gasteiger partial charge in [-0.3, -0.25) is 0 Å². The van der Waals surface area contributed by atoms with Gasteiger partial charge in [-0.25, -0.2) is 14.0 Å². The van der Waals surface area contributed by atoms with Crippen LogP contribution in [0.3, 0.4) is 0 Å². The summed E-state index contributed by atoms with van der Waals surface area (Å²) >= 11 is 0. The smallest absolute Gasteiger partial charge is 0.416 e. The number of nitrogens with zero attached hydrogens (tertiary/aromatic N) is 2. The molecule has 1 aliphatic heterocycles. The average molecular weight is 594 g/mol. The van der Waals surface area contributed by atoms with Crippen molar-refractivity contribution >= 4 is 12.1 Å². The zero-order chi connectivity index (χ0) is 30.7. The maximum Gasteiger partial charge on any atom is 0.416 e. The lowest BCUT2D eigenvalue weighted by atomic mass is 9.89. The molecule has 14 heteroatoms. The Bertz CT molecular complexity index is 1220. The number of carbonyl (C=O) groups excluding carboxylic acids is 2. The van der Waals surface area contributed by atoms with E-state index < -0.39 is 66.2 Å². The number of aliphatic hydroxyl groups is 1. The lowest BCUT2D eigenvalue weighted by Gasteiger charge is -2.42. The van der Waals surface area contributed by atoms with Crippen LogP contribution in [0, 0.1) is 12.7 Å². The molecule has 0 radical (unpaired) electrons. The lowest BCUT2D eigenvalue weighted by Crippen LogP contribution is -2.51. The van der Waals surface area contributed by atoms with E-state index in [1.165, 1.54) is 37.1 Å². The highest BCUT2D eigenvalue weighted by atomic mass is 19.4. The van der Waals surface area contributed by atoms with Crippen molar-refractivity contribution in [2.45, 2.75) is 63.8 Å². The van der Waals surface area contributed by atoms with Gasteiger partial charge in [0.25, 0.3) is 0 Å². The Morgan fingerprint density at radius 3 is 2.24 bits per heavy atom. The first kappa shape index (κ1) is 32.0. The number of piperidine rings is 1. The van der Waals surface area contributed by atoms with Crippen LogP contribution in [0.2, 0.25) is 0 Å².